The number of fused-ring (bicyclic) bond motifs is 1. The number of amides is 1. The average molecular weight is 415 g/mol. The Morgan fingerprint density at radius 2 is 2.10 bits per heavy atom. The lowest BCUT2D eigenvalue weighted by Crippen LogP contribution is -2.28. The number of pyridine rings is 1. The third kappa shape index (κ3) is 5.30. The number of nitriles is 1. The number of benzene rings is 1. The summed E-state index contributed by atoms with van der Waals surface area (Å²) < 4.78 is 15.4. The molecule has 0 fully saturated rings. The first-order chi connectivity index (χ1) is 14.0. The Kier molecular flexibility index (Phi) is 6.41. The van der Waals surface area contributed by atoms with Gasteiger partial charge in [-0.2, -0.15) is 5.26 Å². The monoisotopic (exact) mass is 415 g/mol. The van der Waals surface area contributed by atoms with Crippen LogP contribution >= 0.6 is 11.8 Å². The minimum Gasteiger partial charge on any atom is -0.455 e. The van der Waals surface area contributed by atoms with E-state index in [-0.39, 0.29) is 24.6 Å². The van der Waals surface area contributed by atoms with Crippen LogP contribution in [0.15, 0.2) is 34.1 Å². The number of esters is 1. The van der Waals surface area contributed by atoms with Crippen LogP contribution in [0.4, 0.5) is 0 Å². The van der Waals surface area contributed by atoms with Crippen LogP contribution in [0.5, 0.6) is 11.5 Å². The molecule has 0 atom stereocenters. The van der Waals surface area contributed by atoms with Crippen molar-refractivity contribution in [3.05, 3.63) is 51.3 Å². The molecule has 0 aliphatic carbocycles. The summed E-state index contributed by atoms with van der Waals surface area (Å²) in [6, 6.07) is 8.62. The molecular weight excluding hydrogens is 398 g/mol. The van der Waals surface area contributed by atoms with Crippen molar-refractivity contribution in [2.75, 3.05) is 19.2 Å². The maximum absolute atomic E-state index is 11.9. The molecular formula is C19H17N3O6S. The summed E-state index contributed by atoms with van der Waals surface area (Å²) in [7, 11) is 0. The van der Waals surface area contributed by atoms with Gasteiger partial charge in [0, 0.05) is 12.6 Å². The molecule has 0 spiro atoms. The van der Waals surface area contributed by atoms with E-state index in [1.807, 2.05) is 6.07 Å². The number of aryl methyl sites for hydroxylation is 1. The number of rotatable bonds is 7. The van der Waals surface area contributed by atoms with Gasteiger partial charge < -0.3 is 24.5 Å². The van der Waals surface area contributed by atoms with E-state index in [1.165, 1.54) is 6.07 Å². The van der Waals surface area contributed by atoms with Gasteiger partial charge in [-0.15, -0.1) is 0 Å². The highest BCUT2D eigenvalue weighted by Crippen LogP contribution is 2.32. The summed E-state index contributed by atoms with van der Waals surface area (Å²) >= 11 is 0.971. The van der Waals surface area contributed by atoms with Crippen LogP contribution in [0.2, 0.25) is 0 Å². The van der Waals surface area contributed by atoms with Crippen LogP contribution in [0.3, 0.4) is 0 Å². The first kappa shape index (κ1) is 20.3. The molecule has 3 rings (SSSR count). The number of H-pyrrole nitrogens is 1. The molecule has 10 heteroatoms. The molecule has 0 bridgehead atoms. The van der Waals surface area contributed by atoms with Gasteiger partial charge in [-0.25, -0.2) is 0 Å². The lowest BCUT2D eigenvalue weighted by Gasteiger charge is -2.08. The topological polar surface area (TPSA) is 131 Å². The summed E-state index contributed by atoms with van der Waals surface area (Å²) in [6.45, 7) is 1.63. The fourth-order valence-corrected chi connectivity index (χ4v) is 3.40. The van der Waals surface area contributed by atoms with Crippen molar-refractivity contribution in [1.29, 1.82) is 5.26 Å². The Morgan fingerprint density at radius 1 is 1.31 bits per heavy atom. The Hall–Kier alpha value is -3.45. The fraction of sp³-hybridized carbons (Fsp3) is 0.263. The van der Waals surface area contributed by atoms with Crippen LogP contribution in [0.25, 0.3) is 0 Å². The Labute approximate surface area is 170 Å². The lowest BCUT2D eigenvalue weighted by atomic mass is 10.2. The molecule has 2 aromatic rings. The summed E-state index contributed by atoms with van der Waals surface area (Å²) in [5.74, 6) is 0.0260. The summed E-state index contributed by atoms with van der Waals surface area (Å²) in [5, 5.41) is 12.1. The molecule has 1 aliphatic heterocycles. The third-order valence-corrected chi connectivity index (χ3v) is 4.92. The van der Waals surface area contributed by atoms with E-state index < -0.39 is 18.5 Å². The van der Waals surface area contributed by atoms with E-state index in [0.29, 0.717) is 27.7 Å². The molecule has 2 heterocycles. The van der Waals surface area contributed by atoms with Crippen molar-refractivity contribution in [3.63, 3.8) is 0 Å². The van der Waals surface area contributed by atoms with Gasteiger partial charge in [-0.3, -0.25) is 14.4 Å². The summed E-state index contributed by atoms with van der Waals surface area (Å²) in [5.41, 5.74) is 1.27. The first-order valence-corrected chi connectivity index (χ1v) is 9.52. The van der Waals surface area contributed by atoms with E-state index in [2.05, 4.69) is 10.3 Å². The molecule has 2 N–H and O–H groups in total. The predicted octanol–water partition coefficient (Wildman–Crippen LogP) is 1.24. The number of aromatic amines is 1. The van der Waals surface area contributed by atoms with Gasteiger partial charge >= 0.3 is 5.97 Å². The van der Waals surface area contributed by atoms with Gasteiger partial charge in [0.25, 0.3) is 5.91 Å². The van der Waals surface area contributed by atoms with Crippen molar-refractivity contribution in [2.24, 2.45) is 0 Å². The zero-order valence-electron chi connectivity index (χ0n) is 15.4. The number of carbonyl (C=O) groups excluding carboxylic acids is 2. The maximum atomic E-state index is 11.9. The van der Waals surface area contributed by atoms with Gasteiger partial charge in [0.1, 0.15) is 6.07 Å². The number of carbonyl (C=O) groups is 2. The van der Waals surface area contributed by atoms with E-state index in [4.69, 9.17) is 19.5 Å². The number of nitrogens with one attached hydrogen (secondary N) is 2. The number of nitrogens with zero attached hydrogens (tertiary/aromatic N) is 1. The number of aromatic nitrogens is 1. The van der Waals surface area contributed by atoms with Gasteiger partial charge in [0.15, 0.2) is 18.1 Å². The molecule has 29 heavy (non-hydrogen) atoms. The minimum absolute atomic E-state index is 0.149. The van der Waals surface area contributed by atoms with Crippen molar-refractivity contribution >= 4 is 23.6 Å². The van der Waals surface area contributed by atoms with Crippen LogP contribution in [-0.4, -0.2) is 36.0 Å². The second-order valence-electron chi connectivity index (χ2n) is 6.05. The molecule has 0 saturated carbocycles. The third-order valence-electron chi connectivity index (χ3n) is 3.94. The zero-order chi connectivity index (χ0) is 20.8. The van der Waals surface area contributed by atoms with Gasteiger partial charge in [-0.05, 0) is 30.2 Å². The van der Waals surface area contributed by atoms with Crippen LogP contribution in [0, 0.1) is 18.3 Å². The van der Waals surface area contributed by atoms with Crippen LogP contribution in [-0.2, 0) is 20.9 Å². The molecule has 1 amide bonds. The number of hydrogen-bond acceptors (Lipinski definition) is 8. The van der Waals surface area contributed by atoms with E-state index in [0.717, 1.165) is 17.3 Å². The Morgan fingerprint density at radius 3 is 2.90 bits per heavy atom. The SMILES string of the molecule is Cc1cc(=O)[nH]c(SCC(=O)OCC(=O)NCc2ccc3c(c2)OCO3)c1C#N. The van der Waals surface area contributed by atoms with E-state index in [9.17, 15) is 14.4 Å². The minimum atomic E-state index is -0.639. The molecule has 1 aromatic carbocycles. The molecule has 9 nitrogen and oxygen atoms in total. The molecule has 0 saturated heterocycles. The summed E-state index contributed by atoms with van der Waals surface area (Å²) in [4.78, 5) is 37.8. The van der Waals surface area contributed by atoms with Gasteiger partial charge in [-0.1, -0.05) is 17.8 Å². The highest BCUT2D eigenvalue weighted by Gasteiger charge is 2.15. The van der Waals surface area contributed by atoms with E-state index >= 15 is 0 Å². The predicted molar refractivity (Wildman–Crippen MR) is 103 cm³/mol. The van der Waals surface area contributed by atoms with Gasteiger partial charge in [0.05, 0.1) is 16.3 Å². The highest BCUT2D eigenvalue weighted by atomic mass is 32.2. The normalized spacial score (nSPS) is 11.6. The molecule has 1 aliphatic rings. The maximum Gasteiger partial charge on any atom is 0.316 e. The first-order valence-electron chi connectivity index (χ1n) is 8.54. The number of thioether (sulfide) groups is 1. The van der Waals surface area contributed by atoms with Crippen LogP contribution in [0.1, 0.15) is 16.7 Å². The summed E-state index contributed by atoms with van der Waals surface area (Å²) in [6.07, 6.45) is 0. The average Bonchev–Trinajstić information content (AvgIpc) is 3.16. The lowest BCUT2D eigenvalue weighted by molar-refractivity contribution is -0.145. The highest BCUT2D eigenvalue weighted by molar-refractivity contribution is 7.99. The van der Waals surface area contributed by atoms with E-state index in [1.54, 1.807) is 25.1 Å². The van der Waals surface area contributed by atoms with Crippen molar-refractivity contribution in [1.82, 2.24) is 10.3 Å². The largest absolute Gasteiger partial charge is 0.455 e. The molecule has 0 radical (unpaired) electrons. The number of ether oxygens (including phenoxy) is 3. The van der Waals surface area contributed by atoms with Crippen molar-refractivity contribution in [3.8, 4) is 17.6 Å². The zero-order valence-corrected chi connectivity index (χ0v) is 16.3. The van der Waals surface area contributed by atoms with Gasteiger partial charge in [0.2, 0.25) is 12.4 Å². The molecule has 1 aromatic heterocycles. The van der Waals surface area contributed by atoms with Crippen molar-refractivity contribution < 1.29 is 23.8 Å². The smallest absolute Gasteiger partial charge is 0.316 e. The molecule has 150 valence electrons. The second-order valence-corrected chi connectivity index (χ2v) is 7.03. The quantitative estimate of drug-likeness (QED) is 0.510. The number of hydrogen-bond donors (Lipinski definition) is 2. The molecule has 0 unspecified atom stereocenters. The Bertz CT molecular complexity index is 1040. The van der Waals surface area contributed by atoms with Crippen LogP contribution < -0.4 is 20.3 Å². The van der Waals surface area contributed by atoms with Crippen molar-refractivity contribution in [2.45, 2.75) is 18.5 Å². The fourth-order valence-electron chi connectivity index (χ4n) is 2.53. The standard InChI is InChI=1S/C19H17N3O6S/c1-11-4-16(23)22-19(13(11)6-20)29-9-18(25)26-8-17(24)21-7-12-2-3-14-15(5-12)28-10-27-14/h2-5H,7-10H2,1H3,(H,21,24)(H,22,23). The second kappa shape index (κ2) is 9.16. The Balaban J connectivity index is 1.43.